The molecular weight excluding hydrogens is 402 g/mol. The lowest BCUT2D eigenvalue weighted by Crippen LogP contribution is -2.35. The van der Waals surface area contributed by atoms with Gasteiger partial charge in [0.05, 0.1) is 23.1 Å². The zero-order valence-corrected chi connectivity index (χ0v) is 17.8. The van der Waals surface area contributed by atoms with E-state index in [1.165, 1.54) is 0 Å². The van der Waals surface area contributed by atoms with Crippen LogP contribution in [-0.2, 0) is 16.0 Å². The van der Waals surface area contributed by atoms with Gasteiger partial charge in [-0.3, -0.25) is 14.8 Å². The Labute approximate surface area is 182 Å². The molecule has 1 atom stereocenters. The van der Waals surface area contributed by atoms with Crippen molar-refractivity contribution >= 4 is 23.2 Å². The number of hydrogen-bond donors (Lipinski definition) is 2. The summed E-state index contributed by atoms with van der Waals surface area (Å²) < 4.78 is 5.42. The van der Waals surface area contributed by atoms with Crippen LogP contribution in [0.3, 0.4) is 0 Å². The van der Waals surface area contributed by atoms with Crippen molar-refractivity contribution in [3.05, 3.63) is 35.4 Å². The average Bonchev–Trinajstić information content (AvgIpc) is 2.80. The number of halogens is 1. The fraction of sp³-hybridized carbons (Fsp3) is 0.545. The van der Waals surface area contributed by atoms with E-state index in [2.05, 4.69) is 25.6 Å². The number of aromatic nitrogens is 3. The molecule has 0 radical (unpaired) electrons. The number of ether oxygens (including phenoxy) is 1. The Morgan fingerprint density at radius 1 is 1.23 bits per heavy atom. The number of ketones is 1. The number of anilines is 1. The lowest BCUT2D eigenvalue weighted by Gasteiger charge is -2.22. The van der Waals surface area contributed by atoms with Crippen LogP contribution in [0.2, 0.25) is 5.02 Å². The van der Waals surface area contributed by atoms with Crippen LogP contribution in [0.4, 0.5) is 5.82 Å². The van der Waals surface area contributed by atoms with E-state index in [9.17, 15) is 4.79 Å². The second-order valence-electron chi connectivity index (χ2n) is 8.07. The van der Waals surface area contributed by atoms with Gasteiger partial charge in [-0.2, -0.15) is 0 Å². The van der Waals surface area contributed by atoms with E-state index in [1.807, 2.05) is 6.07 Å². The molecule has 2 saturated heterocycles. The second-order valence-corrected chi connectivity index (χ2v) is 8.48. The van der Waals surface area contributed by atoms with Crippen LogP contribution in [0.25, 0.3) is 11.3 Å². The molecule has 30 heavy (non-hydrogen) atoms. The molecule has 2 aliphatic rings. The first-order chi connectivity index (χ1) is 14.7. The number of nitrogens with one attached hydrogen (secondary N) is 2. The van der Waals surface area contributed by atoms with Gasteiger partial charge in [0.25, 0.3) is 0 Å². The lowest BCUT2D eigenvalue weighted by atomic mass is 9.92. The number of pyridine rings is 1. The highest BCUT2D eigenvalue weighted by atomic mass is 35.5. The maximum Gasteiger partial charge on any atom is 0.145 e. The normalized spacial score (nSPS) is 20.1. The van der Waals surface area contributed by atoms with Crippen molar-refractivity contribution in [3.63, 3.8) is 0 Å². The Kier molecular flexibility index (Phi) is 7.25. The Bertz CT molecular complexity index is 866. The highest BCUT2D eigenvalue weighted by molar-refractivity contribution is 6.33. The third kappa shape index (κ3) is 5.53. The summed E-state index contributed by atoms with van der Waals surface area (Å²) in [7, 11) is 0. The first-order valence-corrected chi connectivity index (χ1v) is 11.1. The molecule has 0 spiro atoms. The highest BCUT2D eigenvalue weighted by Gasteiger charge is 2.22. The average molecular weight is 430 g/mol. The summed E-state index contributed by atoms with van der Waals surface area (Å²) in [5.41, 5.74) is 2.14. The summed E-state index contributed by atoms with van der Waals surface area (Å²) in [4.78, 5) is 26.0. The zero-order chi connectivity index (χ0) is 20.8. The van der Waals surface area contributed by atoms with E-state index in [0.717, 1.165) is 69.9 Å². The topological polar surface area (TPSA) is 89.0 Å². The van der Waals surface area contributed by atoms with Gasteiger partial charge in [0.15, 0.2) is 0 Å². The van der Waals surface area contributed by atoms with E-state index in [1.54, 1.807) is 18.6 Å². The van der Waals surface area contributed by atoms with Crippen molar-refractivity contribution < 1.29 is 9.53 Å². The van der Waals surface area contributed by atoms with Gasteiger partial charge in [-0.1, -0.05) is 11.6 Å². The van der Waals surface area contributed by atoms with Gasteiger partial charge in [-0.05, 0) is 44.2 Å². The molecule has 4 heterocycles. The number of nitrogens with zero attached hydrogens (tertiary/aromatic N) is 3. The Balaban J connectivity index is 1.45. The minimum Gasteiger partial charge on any atom is -0.381 e. The molecular formula is C22H28ClN5O2. The lowest BCUT2D eigenvalue weighted by molar-refractivity contribution is -0.122. The van der Waals surface area contributed by atoms with Crippen LogP contribution >= 0.6 is 11.6 Å². The summed E-state index contributed by atoms with van der Waals surface area (Å²) in [6.45, 7) is 4.24. The Morgan fingerprint density at radius 2 is 2.10 bits per heavy atom. The fourth-order valence-electron chi connectivity index (χ4n) is 4.00. The monoisotopic (exact) mass is 429 g/mol. The van der Waals surface area contributed by atoms with E-state index in [0.29, 0.717) is 28.7 Å². The van der Waals surface area contributed by atoms with E-state index in [4.69, 9.17) is 16.3 Å². The van der Waals surface area contributed by atoms with Crippen LogP contribution in [0.15, 0.2) is 24.7 Å². The number of carbonyl (C=O) groups is 1. The molecule has 2 N–H and O–H groups in total. The molecule has 2 fully saturated rings. The maximum atomic E-state index is 12.6. The van der Waals surface area contributed by atoms with Gasteiger partial charge in [0.1, 0.15) is 11.6 Å². The molecule has 2 aromatic heterocycles. The first-order valence-electron chi connectivity index (χ1n) is 10.7. The molecule has 0 amide bonds. The number of hydrogen-bond acceptors (Lipinski definition) is 7. The summed E-state index contributed by atoms with van der Waals surface area (Å²) in [6, 6.07) is 1.86. The molecule has 2 aliphatic heterocycles. The smallest absolute Gasteiger partial charge is 0.145 e. The predicted molar refractivity (Wildman–Crippen MR) is 117 cm³/mol. The van der Waals surface area contributed by atoms with Crippen LogP contribution in [0, 0.1) is 11.8 Å². The first kappa shape index (κ1) is 21.2. The van der Waals surface area contributed by atoms with Gasteiger partial charge < -0.3 is 15.4 Å². The molecule has 160 valence electrons. The molecule has 2 aromatic rings. The molecule has 4 rings (SSSR count). The molecule has 0 saturated carbocycles. The van der Waals surface area contributed by atoms with Gasteiger partial charge in [-0.15, -0.1) is 0 Å². The van der Waals surface area contributed by atoms with E-state index < -0.39 is 0 Å². The Morgan fingerprint density at radius 3 is 2.90 bits per heavy atom. The Hall–Kier alpha value is -2.09. The van der Waals surface area contributed by atoms with Crippen molar-refractivity contribution in [1.82, 2.24) is 20.3 Å². The quantitative estimate of drug-likeness (QED) is 0.698. The van der Waals surface area contributed by atoms with Crippen LogP contribution in [0.1, 0.15) is 31.4 Å². The van der Waals surface area contributed by atoms with Gasteiger partial charge >= 0.3 is 0 Å². The summed E-state index contributed by atoms with van der Waals surface area (Å²) in [6.07, 6.45) is 9.43. The predicted octanol–water partition coefficient (Wildman–Crippen LogP) is 3.14. The number of carbonyl (C=O) groups excluding carboxylic acids is 1. The van der Waals surface area contributed by atoms with Crippen molar-refractivity contribution in [2.75, 3.05) is 38.2 Å². The number of Topliss-reactive ketones (excluding diaryl/α,β-unsaturated/α-hetero) is 1. The van der Waals surface area contributed by atoms with Crippen molar-refractivity contribution in [3.8, 4) is 11.3 Å². The standard InChI is InChI=1S/C22H28ClN5O2/c23-19-12-26-17(9-21(29)16-2-1-5-24-11-16)8-18(19)20-13-25-14-22(28-20)27-10-15-3-6-30-7-4-15/h8,12-16,24H,1-7,9-11H2,(H,27,28)/t16-/m1/s1. The fourth-order valence-corrected chi connectivity index (χ4v) is 4.20. The molecule has 0 bridgehead atoms. The second kappa shape index (κ2) is 10.3. The molecule has 0 unspecified atom stereocenters. The third-order valence-corrected chi connectivity index (χ3v) is 6.14. The molecule has 0 aliphatic carbocycles. The van der Waals surface area contributed by atoms with Crippen LogP contribution in [-0.4, -0.2) is 53.6 Å². The van der Waals surface area contributed by atoms with Crippen molar-refractivity contribution in [2.45, 2.75) is 32.1 Å². The molecule has 8 heteroatoms. The van der Waals surface area contributed by atoms with Gasteiger partial charge in [0.2, 0.25) is 0 Å². The number of rotatable bonds is 7. The van der Waals surface area contributed by atoms with Gasteiger partial charge in [0, 0.05) is 56.1 Å². The van der Waals surface area contributed by atoms with E-state index in [-0.39, 0.29) is 11.7 Å². The molecule has 0 aromatic carbocycles. The van der Waals surface area contributed by atoms with Crippen molar-refractivity contribution in [2.24, 2.45) is 11.8 Å². The van der Waals surface area contributed by atoms with Crippen LogP contribution in [0.5, 0.6) is 0 Å². The highest BCUT2D eigenvalue weighted by Crippen LogP contribution is 2.27. The van der Waals surface area contributed by atoms with Gasteiger partial charge in [-0.25, -0.2) is 4.98 Å². The summed E-state index contributed by atoms with van der Waals surface area (Å²) in [5, 5.41) is 7.18. The minimum atomic E-state index is 0.0668. The maximum absolute atomic E-state index is 12.6. The van der Waals surface area contributed by atoms with Crippen LogP contribution < -0.4 is 10.6 Å². The zero-order valence-electron chi connectivity index (χ0n) is 17.1. The summed E-state index contributed by atoms with van der Waals surface area (Å²) >= 11 is 6.41. The number of piperidine rings is 1. The minimum absolute atomic E-state index is 0.0668. The SMILES string of the molecule is O=C(Cc1cc(-c2cncc(NCC3CCOCC3)n2)c(Cl)cn1)[C@@H]1CCCNC1. The van der Waals surface area contributed by atoms with E-state index >= 15 is 0 Å². The van der Waals surface area contributed by atoms with Crippen molar-refractivity contribution in [1.29, 1.82) is 0 Å². The largest absolute Gasteiger partial charge is 0.381 e. The summed E-state index contributed by atoms with van der Waals surface area (Å²) in [5.74, 6) is 1.59. The molecule has 7 nitrogen and oxygen atoms in total. The third-order valence-electron chi connectivity index (χ3n) is 5.84.